The van der Waals surface area contributed by atoms with Crippen LogP contribution < -0.4 is 5.73 Å². The van der Waals surface area contributed by atoms with Crippen LogP contribution >= 0.6 is 27.5 Å². The first-order valence-corrected chi connectivity index (χ1v) is 7.20. The lowest BCUT2D eigenvalue weighted by atomic mass is 10.0. The number of nitrogens with zero attached hydrogens (tertiary/aromatic N) is 1. The van der Waals surface area contributed by atoms with Gasteiger partial charge in [0.2, 0.25) is 5.88 Å². The Morgan fingerprint density at radius 2 is 1.95 bits per heavy atom. The largest absolute Gasteiger partial charge is 0.367 e. The standard InChI is InChI=1S/C15H9BrClFN2O/c16-9-5-8(6-10(18)7-9)14-13(15(19)21-20-14)11-3-1-2-4-12(11)17/h1-7H,19H2. The first kappa shape index (κ1) is 14.1. The molecule has 0 radical (unpaired) electrons. The van der Waals surface area contributed by atoms with Crippen molar-refractivity contribution in [1.29, 1.82) is 0 Å². The summed E-state index contributed by atoms with van der Waals surface area (Å²) in [5, 5.41) is 4.46. The summed E-state index contributed by atoms with van der Waals surface area (Å²) in [7, 11) is 0. The molecule has 3 nitrogen and oxygen atoms in total. The Balaban J connectivity index is 2.24. The Morgan fingerprint density at radius 1 is 1.19 bits per heavy atom. The summed E-state index contributed by atoms with van der Waals surface area (Å²) in [5.41, 5.74) is 8.10. The number of nitrogen functional groups attached to an aromatic ring is 1. The van der Waals surface area contributed by atoms with Gasteiger partial charge in [0.25, 0.3) is 0 Å². The summed E-state index contributed by atoms with van der Waals surface area (Å²) in [6, 6.07) is 11.7. The maximum absolute atomic E-state index is 13.6. The van der Waals surface area contributed by atoms with E-state index in [0.717, 1.165) is 0 Å². The van der Waals surface area contributed by atoms with E-state index in [1.165, 1.54) is 12.1 Å². The maximum Gasteiger partial charge on any atom is 0.230 e. The van der Waals surface area contributed by atoms with Gasteiger partial charge in [0, 0.05) is 20.6 Å². The molecule has 0 saturated heterocycles. The molecule has 0 aliphatic rings. The lowest BCUT2D eigenvalue weighted by Gasteiger charge is -2.05. The van der Waals surface area contributed by atoms with Gasteiger partial charge < -0.3 is 10.3 Å². The number of halogens is 3. The van der Waals surface area contributed by atoms with Gasteiger partial charge in [0.15, 0.2) is 0 Å². The van der Waals surface area contributed by atoms with Crippen molar-refractivity contribution in [2.45, 2.75) is 0 Å². The molecule has 106 valence electrons. The van der Waals surface area contributed by atoms with Crippen molar-refractivity contribution in [3.63, 3.8) is 0 Å². The highest BCUT2D eigenvalue weighted by atomic mass is 79.9. The van der Waals surface area contributed by atoms with Gasteiger partial charge in [-0.3, -0.25) is 0 Å². The zero-order valence-corrected chi connectivity index (χ0v) is 13.0. The Kier molecular flexibility index (Phi) is 3.69. The van der Waals surface area contributed by atoms with Crippen molar-refractivity contribution in [1.82, 2.24) is 5.16 Å². The van der Waals surface area contributed by atoms with Gasteiger partial charge >= 0.3 is 0 Å². The smallest absolute Gasteiger partial charge is 0.230 e. The highest BCUT2D eigenvalue weighted by Crippen LogP contribution is 2.40. The third kappa shape index (κ3) is 2.66. The molecule has 21 heavy (non-hydrogen) atoms. The second-order valence-electron chi connectivity index (χ2n) is 4.41. The minimum absolute atomic E-state index is 0.137. The lowest BCUT2D eigenvalue weighted by molar-refractivity contribution is 0.439. The second-order valence-corrected chi connectivity index (χ2v) is 5.73. The summed E-state index contributed by atoms with van der Waals surface area (Å²) in [5.74, 6) is -0.246. The Bertz CT molecular complexity index is 799. The van der Waals surface area contributed by atoms with Crippen LogP contribution in [0.15, 0.2) is 51.5 Å². The predicted molar refractivity (Wildman–Crippen MR) is 84.5 cm³/mol. The van der Waals surface area contributed by atoms with E-state index in [9.17, 15) is 4.39 Å². The van der Waals surface area contributed by atoms with Crippen LogP contribution in [0.1, 0.15) is 0 Å². The minimum atomic E-state index is -0.383. The van der Waals surface area contributed by atoms with Crippen LogP contribution in [0.3, 0.4) is 0 Å². The van der Waals surface area contributed by atoms with Gasteiger partial charge in [-0.2, -0.15) is 0 Å². The fraction of sp³-hybridized carbons (Fsp3) is 0. The molecule has 2 aromatic carbocycles. The molecule has 0 bridgehead atoms. The number of aromatic nitrogens is 1. The summed E-state index contributed by atoms with van der Waals surface area (Å²) in [6.45, 7) is 0. The number of nitrogens with two attached hydrogens (primary N) is 1. The van der Waals surface area contributed by atoms with Crippen molar-refractivity contribution in [3.05, 3.63) is 57.8 Å². The molecule has 2 N–H and O–H groups in total. The second kappa shape index (κ2) is 5.50. The van der Waals surface area contributed by atoms with E-state index in [-0.39, 0.29) is 11.7 Å². The Morgan fingerprint density at radius 3 is 2.67 bits per heavy atom. The van der Waals surface area contributed by atoms with Crippen molar-refractivity contribution in [3.8, 4) is 22.4 Å². The zero-order valence-electron chi connectivity index (χ0n) is 10.6. The molecule has 3 rings (SSSR count). The summed E-state index contributed by atoms with van der Waals surface area (Å²) in [4.78, 5) is 0. The van der Waals surface area contributed by atoms with E-state index in [4.69, 9.17) is 21.9 Å². The third-order valence-electron chi connectivity index (χ3n) is 3.00. The Labute approximate surface area is 133 Å². The molecule has 1 aromatic heterocycles. The first-order chi connectivity index (χ1) is 10.1. The van der Waals surface area contributed by atoms with Crippen LogP contribution in [-0.2, 0) is 0 Å². The van der Waals surface area contributed by atoms with Gasteiger partial charge in [0.05, 0.1) is 5.56 Å². The molecule has 3 aromatic rings. The van der Waals surface area contributed by atoms with Gasteiger partial charge in [-0.15, -0.1) is 0 Å². The predicted octanol–water partition coefficient (Wildman–Crippen LogP) is 5.15. The van der Waals surface area contributed by atoms with Crippen LogP contribution in [0.4, 0.5) is 10.3 Å². The zero-order chi connectivity index (χ0) is 15.0. The van der Waals surface area contributed by atoms with Crippen molar-refractivity contribution >= 4 is 33.4 Å². The van der Waals surface area contributed by atoms with Crippen LogP contribution in [0.2, 0.25) is 5.02 Å². The molecule has 1 heterocycles. The molecule has 0 saturated carbocycles. The van der Waals surface area contributed by atoms with Gasteiger partial charge in [-0.25, -0.2) is 4.39 Å². The SMILES string of the molecule is Nc1onc(-c2cc(F)cc(Br)c2)c1-c1ccccc1Cl. The van der Waals surface area contributed by atoms with Crippen molar-refractivity contribution in [2.75, 3.05) is 5.73 Å². The number of hydrogen-bond acceptors (Lipinski definition) is 3. The van der Waals surface area contributed by atoms with Gasteiger partial charge in [-0.1, -0.05) is 50.9 Å². The first-order valence-electron chi connectivity index (χ1n) is 6.03. The molecular formula is C15H9BrClFN2O. The minimum Gasteiger partial charge on any atom is -0.367 e. The molecule has 0 spiro atoms. The van der Waals surface area contributed by atoms with Crippen molar-refractivity contribution in [2.24, 2.45) is 0 Å². The van der Waals surface area contributed by atoms with E-state index < -0.39 is 0 Å². The van der Waals surface area contributed by atoms with Gasteiger partial charge in [0.1, 0.15) is 11.5 Å². The maximum atomic E-state index is 13.6. The third-order valence-corrected chi connectivity index (χ3v) is 3.79. The molecular weight excluding hydrogens is 359 g/mol. The number of anilines is 1. The molecule has 0 aliphatic carbocycles. The van der Waals surface area contributed by atoms with E-state index in [2.05, 4.69) is 21.1 Å². The molecule has 0 fully saturated rings. The fourth-order valence-corrected chi connectivity index (χ4v) is 2.81. The molecule has 0 amide bonds. The monoisotopic (exact) mass is 366 g/mol. The van der Waals surface area contributed by atoms with Crippen LogP contribution in [0.25, 0.3) is 22.4 Å². The highest BCUT2D eigenvalue weighted by molar-refractivity contribution is 9.10. The summed E-state index contributed by atoms with van der Waals surface area (Å²) >= 11 is 9.46. The van der Waals surface area contributed by atoms with Gasteiger partial charge in [-0.05, 0) is 24.3 Å². The Hall–Kier alpha value is -1.85. The topological polar surface area (TPSA) is 52.0 Å². The number of benzene rings is 2. The quantitative estimate of drug-likeness (QED) is 0.682. The molecule has 0 unspecified atom stereocenters. The van der Waals surface area contributed by atoms with E-state index in [1.807, 2.05) is 18.2 Å². The van der Waals surface area contributed by atoms with Crippen LogP contribution in [-0.4, -0.2) is 5.16 Å². The van der Waals surface area contributed by atoms with E-state index in [1.54, 1.807) is 12.1 Å². The molecule has 6 heteroatoms. The van der Waals surface area contributed by atoms with Crippen molar-refractivity contribution < 1.29 is 8.91 Å². The van der Waals surface area contributed by atoms with Crippen LogP contribution in [0.5, 0.6) is 0 Å². The van der Waals surface area contributed by atoms with E-state index in [0.29, 0.717) is 31.9 Å². The average Bonchev–Trinajstić information content (AvgIpc) is 2.80. The normalized spacial score (nSPS) is 10.8. The lowest BCUT2D eigenvalue weighted by Crippen LogP contribution is -1.89. The fourth-order valence-electron chi connectivity index (χ4n) is 2.11. The molecule has 0 atom stereocenters. The molecule has 0 aliphatic heterocycles. The highest BCUT2D eigenvalue weighted by Gasteiger charge is 2.20. The average molecular weight is 368 g/mol. The van der Waals surface area contributed by atoms with E-state index >= 15 is 0 Å². The summed E-state index contributed by atoms with van der Waals surface area (Å²) < 4.78 is 19.3. The number of rotatable bonds is 2. The van der Waals surface area contributed by atoms with Crippen LogP contribution in [0, 0.1) is 5.82 Å². The number of hydrogen-bond donors (Lipinski definition) is 1. The summed E-state index contributed by atoms with van der Waals surface area (Å²) in [6.07, 6.45) is 0.